The third kappa shape index (κ3) is 10.2. The van der Waals surface area contributed by atoms with Crippen LogP contribution >= 0.6 is 0 Å². The monoisotopic (exact) mass is 845 g/mol. The SMILES string of the molecule is Cc1cc2c(CCCCOCNC(=O)CNC(=O)[C@H](C)NC(=O)[C@H](C)NC(=O)CCCCCN3C(=O)C=CC3=O)c3c(nc2cc1F)-c1cc2c(c(=O)n1C3)COC(=O)[C@H]2O. The number of carbonyl (C=O) groups is 7. The predicted molar refractivity (Wildman–Crippen MR) is 214 cm³/mol. The molecule has 3 aliphatic rings. The maximum absolute atomic E-state index is 14.7. The second kappa shape index (κ2) is 19.4. The minimum Gasteiger partial charge on any atom is -0.458 e. The summed E-state index contributed by atoms with van der Waals surface area (Å²) in [6, 6.07) is 2.74. The van der Waals surface area contributed by atoms with Crippen LogP contribution in [0.3, 0.4) is 0 Å². The van der Waals surface area contributed by atoms with E-state index in [9.17, 15) is 47.9 Å². The molecule has 19 heteroatoms. The van der Waals surface area contributed by atoms with E-state index in [1.807, 2.05) is 0 Å². The van der Waals surface area contributed by atoms with Crippen LogP contribution in [-0.2, 0) is 62.6 Å². The summed E-state index contributed by atoms with van der Waals surface area (Å²) < 4.78 is 26.8. The van der Waals surface area contributed by atoms with Crippen molar-refractivity contribution < 1.29 is 52.5 Å². The first-order chi connectivity index (χ1) is 29.1. The molecule has 5 heterocycles. The van der Waals surface area contributed by atoms with Gasteiger partial charge in [0.1, 0.15) is 31.2 Å². The number of aliphatic hydroxyl groups excluding tert-OH is 1. The summed E-state index contributed by atoms with van der Waals surface area (Å²) in [5.41, 5.74) is 3.40. The van der Waals surface area contributed by atoms with Gasteiger partial charge in [0.15, 0.2) is 6.10 Å². The minimum absolute atomic E-state index is 0.125. The number of cyclic esters (lactones) is 1. The number of pyridine rings is 2. The number of fused-ring (bicyclic) bond motifs is 5. The number of aliphatic hydroxyl groups is 1. The zero-order valence-electron chi connectivity index (χ0n) is 34.1. The molecule has 0 radical (unpaired) electrons. The molecule has 324 valence electrons. The number of nitrogens with one attached hydrogen (secondary N) is 4. The number of ether oxygens (including phenoxy) is 2. The first-order valence-electron chi connectivity index (χ1n) is 20.1. The van der Waals surface area contributed by atoms with Gasteiger partial charge in [-0.15, -0.1) is 0 Å². The third-order valence-corrected chi connectivity index (χ3v) is 10.8. The molecule has 18 nitrogen and oxygen atoms in total. The maximum Gasteiger partial charge on any atom is 0.340 e. The van der Waals surface area contributed by atoms with Gasteiger partial charge >= 0.3 is 5.97 Å². The van der Waals surface area contributed by atoms with Crippen molar-refractivity contribution in [2.45, 2.75) is 97.1 Å². The van der Waals surface area contributed by atoms with Gasteiger partial charge < -0.3 is 40.4 Å². The minimum atomic E-state index is -1.60. The number of hydrogen-bond acceptors (Lipinski definition) is 12. The van der Waals surface area contributed by atoms with Crippen molar-refractivity contribution in [3.05, 3.63) is 74.3 Å². The summed E-state index contributed by atoms with van der Waals surface area (Å²) in [6.45, 7) is 4.58. The summed E-state index contributed by atoms with van der Waals surface area (Å²) in [5, 5.41) is 21.3. The number of carbonyl (C=O) groups excluding carboxylic acids is 7. The fourth-order valence-corrected chi connectivity index (χ4v) is 7.38. The van der Waals surface area contributed by atoms with Crippen LogP contribution in [0, 0.1) is 12.7 Å². The average Bonchev–Trinajstić information content (AvgIpc) is 3.75. The number of benzene rings is 1. The Kier molecular flexibility index (Phi) is 14.0. The molecule has 5 N–H and O–H groups in total. The quantitative estimate of drug-likeness (QED) is 0.0384. The van der Waals surface area contributed by atoms with Crippen LogP contribution in [0.4, 0.5) is 4.39 Å². The number of rotatable bonds is 19. The predicted octanol–water partition coefficient (Wildman–Crippen LogP) is 0.987. The van der Waals surface area contributed by atoms with Gasteiger partial charge in [-0.1, -0.05) is 6.42 Å². The van der Waals surface area contributed by atoms with Gasteiger partial charge in [-0.3, -0.25) is 38.5 Å². The summed E-state index contributed by atoms with van der Waals surface area (Å²) in [7, 11) is 0. The van der Waals surface area contributed by atoms with E-state index >= 15 is 0 Å². The Hall–Kier alpha value is -6.34. The molecule has 0 unspecified atom stereocenters. The topological polar surface area (TPSA) is 244 Å². The molecule has 3 aliphatic heterocycles. The number of imide groups is 1. The highest BCUT2D eigenvalue weighted by atomic mass is 19.1. The van der Waals surface area contributed by atoms with Gasteiger partial charge in [-0.2, -0.15) is 0 Å². The van der Waals surface area contributed by atoms with Gasteiger partial charge in [0, 0.05) is 54.3 Å². The Bertz CT molecular complexity index is 2360. The number of aromatic nitrogens is 2. The van der Waals surface area contributed by atoms with E-state index < -0.39 is 53.3 Å². The van der Waals surface area contributed by atoms with Crippen LogP contribution in [0.5, 0.6) is 0 Å². The van der Waals surface area contributed by atoms with Crippen molar-refractivity contribution in [3.8, 4) is 11.4 Å². The highest BCUT2D eigenvalue weighted by Crippen LogP contribution is 2.39. The molecule has 6 amide bonds. The molecule has 0 saturated carbocycles. The standard InChI is InChI=1S/C42H48FN7O11/c1-22-15-26-25(28-19-50-32(37(28)48-31(26)17-30(22)43)16-27-29(41(50)58)20-61-42(59)38(27)55)9-6-8-14-60-21-45-34(52)18-44-39(56)23(2)47-40(57)24(3)46-33(51)10-5-4-7-13-49-35(53)11-12-36(49)54/h11-12,15-17,23-24,38,55H,4-10,13-14,18-21H2,1-3H3,(H,44,56)(H,45,52)(H,46,51)(H,47,57)/t23-,24-,38-/m0/s1. The molecule has 0 fully saturated rings. The fraction of sp³-hybridized carbons (Fsp3) is 0.452. The summed E-state index contributed by atoms with van der Waals surface area (Å²) in [5.74, 6) is -4.07. The molecule has 0 bridgehead atoms. The van der Waals surface area contributed by atoms with E-state index in [1.165, 1.54) is 36.6 Å². The Labute approximate surface area is 349 Å². The van der Waals surface area contributed by atoms with Crippen LogP contribution in [0.1, 0.15) is 86.3 Å². The van der Waals surface area contributed by atoms with Gasteiger partial charge in [0.25, 0.3) is 17.4 Å². The first-order valence-corrected chi connectivity index (χ1v) is 20.1. The zero-order valence-corrected chi connectivity index (χ0v) is 34.1. The Morgan fingerprint density at radius 2 is 1.66 bits per heavy atom. The molecular weight excluding hydrogens is 797 g/mol. The van der Waals surface area contributed by atoms with Crippen molar-refractivity contribution in [2.24, 2.45) is 0 Å². The normalized spacial score (nSPS) is 16.1. The fourth-order valence-electron chi connectivity index (χ4n) is 7.38. The number of hydrogen-bond donors (Lipinski definition) is 5. The van der Waals surface area contributed by atoms with Crippen molar-refractivity contribution in [3.63, 3.8) is 0 Å². The molecule has 6 rings (SSSR count). The van der Waals surface area contributed by atoms with Gasteiger partial charge in [0.2, 0.25) is 23.6 Å². The maximum atomic E-state index is 14.7. The first kappa shape index (κ1) is 44.2. The second-order valence-corrected chi connectivity index (χ2v) is 15.2. The molecular formula is C42H48FN7O11. The van der Waals surface area contributed by atoms with Crippen molar-refractivity contribution in [1.29, 1.82) is 0 Å². The Morgan fingerprint density at radius 3 is 2.41 bits per heavy atom. The van der Waals surface area contributed by atoms with E-state index in [0.29, 0.717) is 61.0 Å². The number of esters is 1. The molecule has 2 aromatic heterocycles. The molecule has 0 spiro atoms. The van der Waals surface area contributed by atoms with Crippen LogP contribution in [0.2, 0.25) is 0 Å². The lowest BCUT2D eigenvalue weighted by molar-refractivity contribution is -0.157. The van der Waals surface area contributed by atoms with Crippen LogP contribution in [-0.4, -0.2) is 99.5 Å². The number of halogens is 1. The van der Waals surface area contributed by atoms with Gasteiger partial charge in [-0.25, -0.2) is 14.2 Å². The number of aryl methyl sites for hydroxylation is 2. The smallest absolute Gasteiger partial charge is 0.340 e. The number of unbranched alkanes of at least 4 members (excludes halogenated alkanes) is 3. The van der Waals surface area contributed by atoms with E-state index in [-0.39, 0.29) is 74.8 Å². The Morgan fingerprint density at radius 1 is 0.918 bits per heavy atom. The van der Waals surface area contributed by atoms with Crippen LogP contribution in [0.25, 0.3) is 22.3 Å². The van der Waals surface area contributed by atoms with Crippen molar-refractivity contribution >= 4 is 52.3 Å². The van der Waals surface area contributed by atoms with Gasteiger partial charge in [-0.05, 0) is 76.1 Å². The molecule has 61 heavy (non-hydrogen) atoms. The highest BCUT2D eigenvalue weighted by molar-refractivity contribution is 6.12. The number of nitrogens with zero attached hydrogens (tertiary/aromatic N) is 3. The zero-order chi connectivity index (χ0) is 44.0. The molecule has 3 aromatic rings. The average molecular weight is 846 g/mol. The van der Waals surface area contributed by atoms with Gasteiger partial charge in [0.05, 0.1) is 35.6 Å². The largest absolute Gasteiger partial charge is 0.458 e. The molecule has 1 aromatic carbocycles. The summed E-state index contributed by atoms with van der Waals surface area (Å²) in [4.78, 5) is 104. The van der Waals surface area contributed by atoms with Crippen LogP contribution in [0.15, 0.2) is 35.1 Å². The molecule has 0 saturated heterocycles. The van der Waals surface area contributed by atoms with Crippen molar-refractivity contribution in [2.75, 3.05) is 26.4 Å². The van der Waals surface area contributed by atoms with E-state index in [0.717, 1.165) is 21.4 Å². The summed E-state index contributed by atoms with van der Waals surface area (Å²) in [6.07, 6.45) is 4.35. The van der Waals surface area contributed by atoms with Crippen LogP contribution < -0.4 is 26.8 Å². The number of amides is 6. The second-order valence-electron chi connectivity index (χ2n) is 15.2. The third-order valence-electron chi connectivity index (χ3n) is 10.8. The Balaban J connectivity index is 0.895. The molecule has 0 aliphatic carbocycles. The van der Waals surface area contributed by atoms with E-state index in [2.05, 4.69) is 21.3 Å². The molecule has 3 atom stereocenters. The summed E-state index contributed by atoms with van der Waals surface area (Å²) >= 11 is 0. The lowest BCUT2D eigenvalue weighted by Gasteiger charge is -2.21. The lowest BCUT2D eigenvalue weighted by Crippen LogP contribution is -2.52. The van der Waals surface area contributed by atoms with E-state index in [4.69, 9.17) is 14.5 Å². The van der Waals surface area contributed by atoms with Crippen molar-refractivity contribution in [1.82, 2.24) is 35.7 Å². The lowest BCUT2D eigenvalue weighted by atomic mass is 9.94. The highest BCUT2D eigenvalue weighted by Gasteiger charge is 2.35. The van der Waals surface area contributed by atoms with E-state index in [1.54, 1.807) is 19.1 Å².